The SMILES string of the molecule is CCc1ccncc1-c1ccn(-c2ccc(F)cc2)n1. The molecule has 20 heavy (non-hydrogen) atoms. The van der Waals surface area contributed by atoms with Crippen LogP contribution in [0.4, 0.5) is 4.39 Å². The molecule has 2 aromatic heterocycles. The highest BCUT2D eigenvalue weighted by Gasteiger charge is 2.08. The largest absolute Gasteiger partial charge is 0.264 e. The van der Waals surface area contributed by atoms with E-state index < -0.39 is 0 Å². The Labute approximate surface area is 116 Å². The van der Waals surface area contributed by atoms with E-state index in [2.05, 4.69) is 17.0 Å². The van der Waals surface area contributed by atoms with Gasteiger partial charge in [-0.05, 0) is 48.4 Å². The third-order valence-corrected chi connectivity index (χ3v) is 3.25. The molecule has 3 nitrogen and oxygen atoms in total. The van der Waals surface area contributed by atoms with E-state index in [-0.39, 0.29) is 5.82 Å². The van der Waals surface area contributed by atoms with Crippen molar-refractivity contribution in [3.8, 4) is 16.9 Å². The summed E-state index contributed by atoms with van der Waals surface area (Å²) >= 11 is 0. The van der Waals surface area contributed by atoms with E-state index >= 15 is 0 Å². The summed E-state index contributed by atoms with van der Waals surface area (Å²) in [6.45, 7) is 2.11. The first-order chi connectivity index (χ1) is 9.78. The Hall–Kier alpha value is -2.49. The number of rotatable bonds is 3. The number of nitrogens with zero attached hydrogens (tertiary/aromatic N) is 3. The van der Waals surface area contributed by atoms with Crippen LogP contribution < -0.4 is 0 Å². The number of hydrogen-bond acceptors (Lipinski definition) is 2. The minimum atomic E-state index is -0.248. The molecule has 0 aliphatic heterocycles. The molecule has 0 amide bonds. The maximum atomic E-state index is 12.9. The first-order valence-corrected chi connectivity index (χ1v) is 6.53. The smallest absolute Gasteiger partial charge is 0.123 e. The molecule has 0 radical (unpaired) electrons. The first kappa shape index (κ1) is 12.5. The lowest BCUT2D eigenvalue weighted by molar-refractivity contribution is 0.627. The van der Waals surface area contributed by atoms with Gasteiger partial charge in [-0.3, -0.25) is 4.98 Å². The van der Waals surface area contributed by atoms with Crippen molar-refractivity contribution in [2.75, 3.05) is 0 Å². The zero-order valence-electron chi connectivity index (χ0n) is 11.1. The Morgan fingerprint density at radius 2 is 1.90 bits per heavy atom. The normalized spacial score (nSPS) is 10.7. The fourth-order valence-corrected chi connectivity index (χ4v) is 2.17. The molecule has 0 fully saturated rings. The summed E-state index contributed by atoms with van der Waals surface area (Å²) in [6.07, 6.45) is 6.42. The van der Waals surface area contributed by atoms with Gasteiger partial charge in [0.05, 0.1) is 11.4 Å². The molecule has 4 heteroatoms. The number of aryl methyl sites for hydroxylation is 1. The van der Waals surface area contributed by atoms with Crippen molar-refractivity contribution in [1.29, 1.82) is 0 Å². The Balaban J connectivity index is 2.00. The van der Waals surface area contributed by atoms with Gasteiger partial charge in [0.1, 0.15) is 5.82 Å². The number of benzene rings is 1. The molecule has 0 unspecified atom stereocenters. The van der Waals surface area contributed by atoms with Crippen LogP contribution in [0.25, 0.3) is 16.9 Å². The highest BCUT2D eigenvalue weighted by molar-refractivity contribution is 5.62. The molecule has 3 rings (SSSR count). The second-order valence-electron chi connectivity index (χ2n) is 4.51. The Morgan fingerprint density at radius 1 is 1.10 bits per heavy atom. The molecular weight excluding hydrogens is 253 g/mol. The summed E-state index contributed by atoms with van der Waals surface area (Å²) in [5.41, 5.74) is 3.96. The van der Waals surface area contributed by atoms with Crippen molar-refractivity contribution in [3.63, 3.8) is 0 Å². The van der Waals surface area contributed by atoms with Crippen molar-refractivity contribution >= 4 is 0 Å². The molecule has 0 saturated heterocycles. The van der Waals surface area contributed by atoms with Crippen LogP contribution in [0.15, 0.2) is 55.0 Å². The van der Waals surface area contributed by atoms with E-state index in [9.17, 15) is 4.39 Å². The quantitative estimate of drug-likeness (QED) is 0.725. The number of aromatic nitrogens is 3. The molecule has 100 valence electrons. The van der Waals surface area contributed by atoms with Crippen molar-refractivity contribution in [1.82, 2.24) is 14.8 Å². The summed E-state index contributed by atoms with van der Waals surface area (Å²) in [7, 11) is 0. The average Bonchev–Trinajstić information content (AvgIpc) is 2.97. The molecular formula is C16H14FN3. The maximum Gasteiger partial charge on any atom is 0.123 e. The fourth-order valence-electron chi connectivity index (χ4n) is 2.17. The van der Waals surface area contributed by atoms with Gasteiger partial charge in [0, 0.05) is 24.2 Å². The predicted molar refractivity (Wildman–Crippen MR) is 76.1 cm³/mol. The van der Waals surface area contributed by atoms with Crippen molar-refractivity contribution in [2.24, 2.45) is 0 Å². The van der Waals surface area contributed by atoms with Gasteiger partial charge in [-0.1, -0.05) is 6.92 Å². The van der Waals surface area contributed by atoms with Gasteiger partial charge in [-0.15, -0.1) is 0 Å². The molecule has 0 bridgehead atoms. The van der Waals surface area contributed by atoms with Gasteiger partial charge in [0.25, 0.3) is 0 Å². The summed E-state index contributed by atoms with van der Waals surface area (Å²) < 4.78 is 14.7. The van der Waals surface area contributed by atoms with Gasteiger partial charge < -0.3 is 0 Å². The molecule has 0 N–H and O–H groups in total. The van der Waals surface area contributed by atoms with Crippen LogP contribution in [0.3, 0.4) is 0 Å². The molecule has 0 spiro atoms. The van der Waals surface area contributed by atoms with E-state index in [1.54, 1.807) is 23.0 Å². The van der Waals surface area contributed by atoms with Crippen molar-refractivity contribution < 1.29 is 4.39 Å². The third kappa shape index (κ3) is 2.32. The molecule has 2 heterocycles. The minimum absolute atomic E-state index is 0.248. The number of hydrogen-bond donors (Lipinski definition) is 0. The standard InChI is InChI=1S/C16H14FN3/c1-2-12-7-9-18-11-15(12)16-8-10-20(19-16)14-5-3-13(17)4-6-14/h3-11H,2H2,1H3. The molecule has 0 aliphatic rings. The summed E-state index contributed by atoms with van der Waals surface area (Å²) in [4.78, 5) is 4.16. The molecule has 3 aromatic rings. The molecule has 0 atom stereocenters. The van der Waals surface area contributed by atoms with Crippen LogP contribution in [0.2, 0.25) is 0 Å². The number of halogens is 1. The molecule has 0 aliphatic carbocycles. The lowest BCUT2D eigenvalue weighted by Gasteiger charge is -2.04. The molecule has 1 aromatic carbocycles. The maximum absolute atomic E-state index is 12.9. The summed E-state index contributed by atoms with van der Waals surface area (Å²) in [5.74, 6) is -0.248. The van der Waals surface area contributed by atoms with Crippen molar-refractivity contribution in [2.45, 2.75) is 13.3 Å². The van der Waals surface area contributed by atoms with Gasteiger partial charge in [0.15, 0.2) is 0 Å². The van der Waals surface area contributed by atoms with Gasteiger partial charge in [0.2, 0.25) is 0 Å². The Kier molecular flexibility index (Phi) is 3.29. The number of pyridine rings is 1. The third-order valence-electron chi connectivity index (χ3n) is 3.25. The Morgan fingerprint density at radius 3 is 2.65 bits per heavy atom. The van der Waals surface area contributed by atoms with Crippen molar-refractivity contribution in [3.05, 3.63) is 66.4 Å². The second kappa shape index (κ2) is 5.25. The first-order valence-electron chi connectivity index (χ1n) is 6.53. The monoisotopic (exact) mass is 267 g/mol. The lowest BCUT2D eigenvalue weighted by atomic mass is 10.1. The average molecular weight is 267 g/mol. The van der Waals surface area contributed by atoms with E-state index in [1.807, 2.05) is 24.5 Å². The van der Waals surface area contributed by atoms with Crippen LogP contribution in [0, 0.1) is 5.82 Å². The van der Waals surface area contributed by atoms with Crippen LogP contribution in [0.1, 0.15) is 12.5 Å². The second-order valence-corrected chi connectivity index (χ2v) is 4.51. The van der Waals surface area contributed by atoms with Gasteiger partial charge in [-0.2, -0.15) is 5.10 Å². The highest BCUT2D eigenvalue weighted by Crippen LogP contribution is 2.22. The van der Waals surface area contributed by atoms with E-state index in [1.165, 1.54) is 17.7 Å². The summed E-state index contributed by atoms with van der Waals surface area (Å²) in [6, 6.07) is 10.2. The van der Waals surface area contributed by atoms with E-state index in [0.29, 0.717) is 0 Å². The predicted octanol–water partition coefficient (Wildman–Crippen LogP) is 3.64. The van der Waals surface area contributed by atoms with Crippen LogP contribution in [-0.2, 0) is 6.42 Å². The lowest BCUT2D eigenvalue weighted by Crippen LogP contribution is -1.96. The zero-order valence-corrected chi connectivity index (χ0v) is 11.1. The van der Waals surface area contributed by atoms with Crippen LogP contribution >= 0.6 is 0 Å². The minimum Gasteiger partial charge on any atom is -0.264 e. The fraction of sp³-hybridized carbons (Fsp3) is 0.125. The summed E-state index contributed by atoms with van der Waals surface area (Å²) in [5, 5.41) is 4.54. The van der Waals surface area contributed by atoms with Gasteiger partial charge in [-0.25, -0.2) is 9.07 Å². The van der Waals surface area contributed by atoms with E-state index in [0.717, 1.165) is 23.4 Å². The zero-order chi connectivity index (χ0) is 13.9. The van der Waals surface area contributed by atoms with Crippen LogP contribution in [-0.4, -0.2) is 14.8 Å². The highest BCUT2D eigenvalue weighted by atomic mass is 19.1. The van der Waals surface area contributed by atoms with Crippen LogP contribution in [0.5, 0.6) is 0 Å². The van der Waals surface area contributed by atoms with Gasteiger partial charge >= 0.3 is 0 Å². The Bertz CT molecular complexity index is 717. The van der Waals surface area contributed by atoms with E-state index in [4.69, 9.17) is 0 Å². The topological polar surface area (TPSA) is 30.7 Å². The molecule has 0 saturated carbocycles.